The van der Waals surface area contributed by atoms with Gasteiger partial charge in [0.1, 0.15) is 6.17 Å². The van der Waals surface area contributed by atoms with Crippen LogP contribution in [0.15, 0.2) is 59.6 Å². The number of fused-ring (bicyclic) bond motifs is 2. The summed E-state index contributed by atoms with van der Waals surface area (Å²) in [6.07, 6.45) is 0.0200. The standard InChI is InChI=1S/C20H23N3O/c1-3-23-16-13-9-8-12-15(16)21-19-18(23)17(20(22-19)24-4-2)14-10-6-5-7-11-14/h5-13,17-19,21H,3-4H2,1-2H3/t17-,18-,19+/m1/s1. The SMILES string of the molecule is CCOC1=N[C@@H]2Nc3ccccc3N(CC)[C@@H]2[C@H]1c1ccccc1. The number of para-hydroxylation sites is 2. The molecule has 0 aromatic heterocycles. The lowest BCUT2D eigenvalue weighted by Gasteiger charge is -2.42. The molecule has 0 fully saturated rings. The number of hydrogen-bond acceptors (Lipinski definition) is 4. The van der Waals surface area contributed by atoms with Crippen molar-refractivity contribution in [3.63, 3.8) is 0 Å². The Morgan fingerprint density at radius 2 is 1.79 bits per heavy atom. The van der Waals surface area contributed by atoms with Crippen molar-refractivity contribution in [2.45, 2.75) is 32.0 Å². The van der Waals surface area contributed by atoms with Gasteiger partial charge < -0.3 is 15.0 Å². The van der Waals surface area contributed by atoms with Crippen molar-refractivity contribution in [2.75, 3.05) is 23.4 Å². The van der Waals surface area contributed by atoms with Gasteiger partial charge in [0.05, 0.1) is 29.9 Å². The summed E-state index contributed by atoms with van der Waals surface area (Å²) in [6, 6.07) is 19.3. The number of likely N-dealkylation sites (N-methyl/N-ethyl adjacent to an activating group) is 1. The zero-order chi connectivity index (χ0) is 16.5. The first-order chi connectivity index (χ1) is 11.8. The Morgan fingerprint density at radius 3 is 2.54 bits per heavy atom. The molecule has 0 amide bonds. The van der Waals surface area contributed by atoms with E-state index in [2.05, 4.69) is 71.7 Å². The molecule has 4 nitrogen and oxygen atoms in total. The van der Waals surface area contributed by atoms with Crippen molar-refractivity contribution in [1.29, 1.82) is 0 Å². The Bertz CT molecular complexity index is 744. The average molecular weight is 321 g/mol. The largest absolute Gasteiger partial charge is 0.481 e. The van der Waals surface area contributed by atoms with E-state index in [9.17, 15) is 0 Å². The number of rotatable bonds is 3. The Hall–Kier alpha value is -2.49. The molecule has 124 valence electrons. The van der Waals surface area contributed by atoms with Crippen molar-refractivity contribution in [3.8, 4) is 0 Å². The lowest BCUT2D eigenvalue weighted by molar-refractivity contribution is 0.313. The van der Waals surface area contributed by atoms with E-state index in [-0.39, 0.29) is 18.1 Å². The summed E-state index contributed by atoms with van der Waals surface area (Å²) in [6.45, 7) is 5.81. The van der Waals surface area contributed by atoms with Crippen LogP contribution in [0, 0.1) is 0 Å². The summed E-state index contributed by atoms with van der Waals surface area (Å²) in [5, 5.41) is 3.60. The molecule has 2 aromatic rings. The lowest BCUT2D eigenvalue weighted by atomic mass is 9.89. The van der Waals surface area contributed by atoms with Gasteiger partial charge in [-0.25, -0.2) is 4.99 Å². The zero-order valence-corrected chi connectivity index (χ0v) is 14.1. The molecule has 0 saturated heterocycles. The molecule has 4 rings (SSSR count). The molecule has 2 aromatic carbocycles. The maximum Gasteiger partial charge on any atom is 0.195 e. The minimum absolute atomic E-state index is 0.0200. The third kappa shape index (κ3) is 2.33. The molecule has 1 N–H and O–H groups in total. The fourth-order valence-electron chi connectivity index (χ4n) is 3.91. The Balaban J connectivity index is 1.80. The molecule has 2 heterocycles. The highest BCUT2D eigenvalue weighted by atomic mass is 16.5. The first-order valence-electron chi connectivity index (χ1n) is 8.71. The Labute approximate surface area is 143 Å². The molecular formula is C20H23N3O. The second kappa shape index (κ2) is 6.19. The molecule has 2 aliphatic rings. The predicted molar refractivity (Wildman–Crippen MR) is 98.9 cm³/mol. The number of hydrogen-bond donors (Lipinski definition) is 1. The fraction of sp³-hybridized carbons (Fsp3) is 0.350. The molecule has 0 spiro atoms. The van der Waals surface area contributed by atoms with Gasteiger partial charge in [-0.2, -0.15) is 0 Å². The van der Waals surface area contributed by atoms with Crippen molar-refractivity contribution in [3.05, 3.63) is 60.2 Å². The van der Waals surface area contributed by atoms with Crippen molar-refractivity contribution >= 4 is 17.3 Å². The minimum atomic E-state index is 0.0200. The number of benzene rings is 2. The van der Waals surface area contributed by atoms with Crippen LogP contribution in [0.1, 0.15) is 25.3 Å². The van der Waals surface area contributed by atoms with E-state index in [4.69, 9.17) is 9.73 Å². The van der Waals surface area contributed by atoms with Gasteiger partial charge in [-0.1, -0.05) is 42.5 Å². The Kier molecular flexibility index (Phi) is 3.89. The van der Waals surface area contributed by atoms with E-state index in [1.807, 2.05) is 6.92 Å². The van der Waals surface area contributed by atoms with Crippen LogP contribution in [0.5, 0.6) is 0 Å². The second-order valence-corrected chi connectivity index (χ2v) is 6.17. The van der Waals surface area contributed by atoms with Crippen molar-refractivity contribution in [2.24, 2.45) is 4.99 Å². The first-order valence-corrected chi connectivity index (χ1v) is 8.71. The number of anilines is 2. The van der Waals surface area contributed by atoms with Crippen LogP contribution in [-0.2, 0) is 4.74 Å². The number of aliphatic imine (C=N–C) groups is 1. The maximum atomic E-state index is 5.94. The van der Waals surface area contributed by atoms with E-state index < -0.39 is 0 Å². The number of nitrogens with one attached hydrogen (secondary N) is 1. The van der Waals surface area contributed by atoms with Gasteiger partial charge in [-0.3, -0.25) is 0 Å². The molecule has 0 bridgehead atoms. The van der Waals surface area contributed by atoms with Crippen molar-refractivity contribution in [1.82, 2.24) is 0 Å². The lowest BCUT2D eigenvalue weighted by Crippen LogP contribution is -2.51. The van der Waals surface area contributed by atoms with Gasteiger partial charge >= 0.3 is 0 Å². The van der Waals surface area contributed by atoms with Crippen LogP contribution >= 0.6 is 0 Å². The van der Waals surface area contributed by atoms with Gasteiger partial charge in [-0.15, -0.1) is 0 Å². The van der Waals surface area contributed by atoms with Crippen LogP contribution in [0.3, 0.4) is 0 Å². The topological polar surface area (TPSA) is 36.9 Å². The van der Waals surface area contributed by atoms with Crippen LogP contribution in [0.4, 0.5) is 11.4 Å². The summed E-state index contributed by atoms with van der Waals surface area (Å²) >= 11 is 0. The average Bonchev–Trinajstić information content (AvgIpc) is 2.98. The molecule has 2 aliphatic heterocycles. The van der Waals surface area contributed by atoms with Crippen molar-refractivity contribution < 1.29 is 4.74 Å². The summed E-state index contributed by atoms with van der Waals surface area (Å²) < 4.78 is 5.94. The predicted octanol–water partition coefficient (Wildman–Crippen LogP) is 3.87. The molecule has 24 heavy (non-hydrogen) atoms. The molecule has 3 atom stereocenters. The van der Waals surface area contributed by atoms with Gasteiger partial charge in [0.25, 0.3) is 0 Å². The van der Waals surface area contributed by atoms with E-state index >= 15 is 0 Å². The second-order valence-electron chi connectivity index (χ2n) is 6.17. The highest BCUT2D eigenvalue weighted by Crippen LogP contribution is 2.43. The van der Waals surface area contributed by atoms with E-state index in [1.54, 1.807) is 0 Å². The van der Waals surface area contributed by atoms with E-state index in [0.29, 0.717) is 6.61 Å². The quantitative estimate of drug-likeness (QED) is 0.932. The summed E-state index contributed by atoms with van der Waals surface area (Å²) in [5.41, 5.74) is 3.65. The van der Waals surface area contributed by atoms with E-state index in [0.717, 1.165) is 18.1 Å². The summed E-state index contributed by atoms with van der Waals surface area (Å²) in [7, 11) is 0. The van der Waals surface area contributed by atoms with Gasteiger partial charge in [0, 0.05) is 6.54 Å². The molecule has 0 saturated carbocycles. The van der Waals surface area contributed by atoms with Crippen LogP contribution < -0.4 is 10.2 Å². The summed E-state index contributed by atoms with van der Waals surface area (Å²) in [5.74, 6) is 0.995. The van der Waals surface area contributed by atoms with E-state index in [1.165, 1.54) is 11.3 Å². The molecular weight excluding hydrogens is 298 g/mol. The molecule has 4 heteroatoms. The number of ether oxygens (including phenoxy) is 1. The minimum Gasteiger partial charge on any atom is -0.481 e. The first kappa shape index (κ1) is 15.1. The smallest absolute Gasteiger partial charge is 0.195 e. The van der Waals surface area contributed by atoms with Crippen LogP contribution in [0.2, 0.25) is 0 Å². The highest BCUT2D eigenvalue weighted by Gasteiger charge is 2.47. The molecule has 0 aliphatic carbocycles. The van der Waals surface area contributed by atoms with Gasteiger partial charge in [0.2, 0.25) is 0 Å². The summed E-state index contributed by atoms with van der Waals surface area (Å²) in [4.78, 5) is 7.36. The fourth-order valence-corrected chi connectivity index (χ4v) is 3.91. The van der Waals surface area contributed by atoms with Crippen LogP contribution in [-0.4, -0.2) is 31.3 Å². The number of nitrogens with zero attached hydrogens (tertiary/aromatic N) is 2. The molecule has 0 unspecified atom stereocenters. The van der Waals surface area contributed by atoms with Gasteiger partial charge in [0.15, 0.2) is 5.90 Å². The zero-order valence-electron chi connectivity index (χ0n) is 14.1. The molecule has 0 radical (unpaired) electrons. The maximum absolute atomic E-state index is 5.94. The normalized spacial score (nSPS) is 24.7. The third-order valence-corrected chi connectivity index (χ3v) is 4.87. The Morgan fingerprint density at radius 1 is 1.04 bits per heavy atom. The van der Waals surface area contributed by atoms with Gasteiger partial charge in [-0.05, 0) is 31.5 Å². The highest BCUT2D eigenvalue weighted by molar-refractivity contribution is 5.90. The third-order valence-electron chi connectivity index (χ3n) is 4.87. The monoisotopic (exact) mass is 321 g/mol. The van der Waals surface area contributed by atoms with Crippen LogP contribution in [0.25, 0.3) is 0 Å².